The molecule has 0 heterocycles. The Labute approximate surface area is 187 Å². The van der Waals surface area contributed by atoms with E-state index in [0.717, 1.165) is 5.56 Å². The predicted molar refractivity (Wildman–Crippen MR) is 118 cm³/mol. The van der Waals surface area contributed by atoms with Gasteiger partial charge in [-0.1, -0.05) is 30.3 Å². The number of hydrogen-bond donors (Lipinski definition) is 1. The number of benzene rings is 2. The first kappa shape index (κ1) is 25.7. The van der Waals surface area contributed by atoms with Crippen LogP contribution < -0.4 is 10.5 Å². The number of nitriles is 1. The van der Waals surface area contributed by atoms with E-state index in [4.69, 9.17) is 25.2 Å². The van der Waals surface area contributed by atoms with Crippen molar-refractivity contribution in [3.05, 3.63) is 71.3 Å². The van der Waals surface area contributed by atoms with Gasteiger partial charge in [0.05, 0.1) is 24.7 Å². The molecule has 164 valence electrons. The molecule has 2 aromatic carbocycles. The molecular weight excluding hydrogens is 420 g/mol. The first-order valence-corrected chi connectivity index (χ1v) is 9.48. The fourth-order valence-corrected chi connectivity index (χ4v) is 2.48. The van der Waals surface area contributed by atoms with Gasteiger partial charge in [0, 0.05) is 17.7 Å². The maximum absolute atomic E-state index is 12.0. The van der Waals surface area contributed by atoms with Crippen LogP contribution in [0.15, 0.2) is 54.6 Å². The third kappa shape index (κ3) is 9.34. The Morgan fingerprint density at radius 1 is 1.16 bits per heavy atom. The number of carbonyl (C=O) groups is 2. The minimum atomic E-state index is -0.596. The van der Waals surface area contributed by atoms with E-state index in [1.165, 1.54) is 12.2 Å². The fraction of sp³-hybridized carbons (Fsp3) is 0.261. The van der Waals surface area contributed by atoms with Gasteiger partial charge < -0.3 is 19.9 Å². The molecule has 8 heteroatoms. The van der Waals surface area contributed by atoms with Crippen LogP contribution in [0.5, 0.6) is 5.75 Å². The Hall–Kier alpha value is -3.34. The van der Waals surface area contributed by atoms with Crippen LogP contribution in [0.3, 0.4) is 0 Å². The zero-order chi connectivity index (χ0) is 21.8. The fourth-order valence-electron chi connectivity index (χ4n) is 2.48. The van der Waals surface area contributed by atoms with E-state index in [1.54, 1.807) is 25.1 Å². The zero-order valence-electron chi connectivity index (χ0n) is 17.2. The van der Waals surface area contributed by atoms with Crippen LogP contribution in [0.1, 0.15) is 30.0 Å². The predicted octanol–water partition coefficient (Wildman–Crippen LogP) is 3.40. The van der Waals surface area contributed by atoms with Crippen molar-refractivity contribution < 1.29 is 23.8 Å². The number of nitrogens with zero attached hydrogens (tertiary/aromatic N) is 1. The summed E-state index contributed by atoms with van der Waals surface area (Å²) in [6, 6.07) is 15.6. The Balaban J connectivity index is 0.00000480. The second-order valence-corrected chi connectivity index (χ2v) is 6.37. The zero-order valence-corrected chi connectivity index (χ0v) is 18.0. The molecule has 0 spiro atoms. The van der Waals surface area contributed by atoms with Crippen molar-refractivity contribution in [1.82, 2.24) is 0 Å². The highest BCUT2D eigenvalue weighted by atomic mass is 35.5. The van der Waals surface area contributed by atoms with E-state index in [0.29, 0.717) is 16.9 Å². The van der Waals surface area contributed by atoms with Crippen LogP contribution in [0.2, 0.25) is 0 Å². The smallest absolute Gasteiger partial charge is 0.330 e. The number of nitrogens with two attached hydrogens (primary N) is 1. The molecule has 31 heavy (non-hydrogen) atoms. The average molecular weight is 445 g/mol. The van der Waals surface area contributed by atoms with E-state index in [9.17, 15) is 9.59 Å². The lowest BCUT2D eigenvalue weighted by molar-refractivity contribution is -0.145. The lowest BCUT2D eigenvalue weighted by atomic mass is 10.1. The van der Waals surface area contributed by atoms with Gasteiger partial charge in [-0.3, -0.25) is 4.79 Å². The van der Waals surface area contributed by atoms with Gasteiger partial charge in [-0.15, -0.1) is 12.4 Å². The highest BCUT2D eigenvalue weighted by Crippen LogP contribution is 2.22. The van der Waals surface area contributed by atoms with E-state index >= 15 is 0 Å². The summed E-state index contributed by atoms with van der Waals surface area (Å²) >= 11 is 0. The molecule has 2 aromatic rings. The third-order valence-electron chi connectivity index (χ3n) is 3.95. The number of rotatable bonds is 10. The molecule has 0 aliphatic carbocycles. The number of ether oxygens (including phenoxy) is 3. The van der Waals surface area contributed by atoms with Crippen molar-refractivity contribution >= 4 is 30.4 Å². The monoisotopic (exact) mass is 444 g/mol. The molecule has 7 nitrogen and oxygen atoms in total. The molecule has 1 unspecified atom stereocenters. The lowest BCUT2D eigenvalue weighted by Crippen LogP contribution is -2.31. The van der Waals surface area contributed by atoms with Crippen LogP contribution in [0.4, 0.5) is 0 Å². The van der Waals surface area contributed by atoms with Crippen LogP contribution in [0, 0.1) is 11.3 Å². The summed E-state index contributed by atoms with van der Waals surface area (Å²) in [7, 11) is 0. The van der Waals surface area contributed by atoms with Crippen molar-refractivity contribution in [2.75, 3.05) is 13.2 Å². The largest absolute Gasteiger partial charge is 0.491 e. The van der Waals surface area contributed by atoms with Gasteiger partial charge >= 0.3 is 11.9 Å². The summed E-state index contributed by atoms with van der Waals surface area (Å²) in [5, 5.41) is 9.11. The third-order valence-corrected chi connectivity index (χ3v) is 3.95. The molecule has 1 atom stereocenters. The summed E-state index contributed by atoms with van der Waals surface area (Å²) < 4.78 is 15.8. The van der Waals surface area contributed by atoms with E-state index in [-0.39, 0.29) is 38.6 Å². The first-order valence-electron chi connectivity index (χ1n) is 9.48. The van der Waals surface area contributed by atoms with Gasteiger partial charge in [0.15, 0.2) is 0 Å². The molecule has 2 rings (SSSR count). The standard InChI is InChI=1S/C23H24N2O5.ClH/c1-2-28-22(26)11-10-19-9-8-18(14-24)12-21(19)29-16-20(25)13-23(27)30-15-17-6-4-3-5-7-17;/h3-12,20H,2,13,15-16,25H2,1H3;1H/b11-10+;. The molecule has 0 aliphatic rings. The quantitative estimate of drug-likeness (QED) is 0.441. The molecule has 0 radical (unpaired) electrons. The number of esters is 2. The van der Waals surface area contributed by atoms with Crippen molar-refractivity contribution in [1.29, 1.82) is 5.26 Å². The Kier molecular flexibility index (Phi) is 11.4. The Morgan fingerprint density at radius 3 is 2.58 bits per heavy atom. The molecule has 0 aliphatic heterocycles. The minimum absolute atomic E-state index is 0. The van der Waals surface area contributed by atoms with Gasteiger partial charge in [-0.05, 0) is 36.8 Å². The summed E-state index contributed by atoms with van der Waals surface area (Å²) in [6.07, 6.45) is 2.80. The Morgan fingerprint density at radius 2 is 1.90 bits per heavy atom. The molecule has 0 fully saturated rings. The topological polar surface area (TPSA) is 112 Å². The Bertz CT molecular complexity index is 925. The number of carbonyl (C=O) groups excluding carboxylic acids is 2. The molecule has 0 aromatic heterocycles. The van der Waals surface area contributed by atoms with Crippen LogP contribution in [-0.4, -0.2) is 31.2 Å². The SMILES string of the molecule is CCOC(=O)/C=C/c1ccc(C#N)cc1OCC(N)CC(=O)OCc1ccccc1.Cl. The lowest BCUT2D eigenvalue weighted by Gasteiger charge is -2.15. The second-order valence-electron chi connectivity index (χ2n) is 6.37. The van der Waals surface area contributed by atoms with Gasteiger partial charge in [0.2, 0.25) is 0 Å². The summed E-state index contributed by atoms with van der Waals surface area (Å²) in [6.45, 7) is 2.21. The van der Waals surface area contributed by atoms with E-state index in [1.807, 2.05) is 36.4 Å². The maximum Gasteiger partial charge on any atom is 0.330 e. The molecular formula is C23H25ClN2O5. The van der Waals surface area contributed by atoms with Crippen molar-refractivity contribution in [3.8, 4) is 11.8 Å². The van der Waals surface area contributed by atoms with Gasteiger partial charge in [0.25, 0.3) is 0 Å². The van der Waals surface area contributed by atoms with Crippen LogP contribution in [-0.2, 0) is 25.7 Å². The minimum Gasteiger partial charge on any atom is -0.491 e. The first-order chi connectivity index (χ1) is 14.5. The average Bonchev–Trinajstić information content (AvgIpc) is 2.76. The maximum atomic E-state index is 12.0. The van der Waals surface area contributed by atoms with E-state index in [2.05, 4.69) is 0 Å². The molecule has 0 saturated carbocycles. The second kappa shape index (κ2) is 13.8. The normalized spacial score (nSPS) is 11.1. The molecule has 2 N–H and O–H groups in total. The molecule has 0 amide bonds. The number of halogens is 1. The van der Waals surface area contributed by atoms with Crippen molar-refractivity contribution in [2.45, 2.75) is 26.0 Å². The molecule has 0 saturated heterocycles. The molecule has 0 bridgehead atoms. The summed E-state index contributed by atoms with van der Waals surface area (Å²) in [5.74, 6) is -0.531. The van der Waals surface area contributed by atoms with Gasteiger partial charge in [-0.25, -0.2) is 4.79 Å². The van der Waals surface area contributed by atoms with Gasteiger partial charge in [-0.2, -0.15) is 5.26 Å². The van der Waals surface area contributed by atoms with Crippen molar-refractivity contribution in [3.63, 3.8) is 0 Å². The van der Waals surface area contributed by atoms with Crippen molar-refractivity contribution in [2.24, 2.45) is 5.73 Å². The van der Waals surface area contributed by atoms with E-state index < -0.39 is 18.0 Å². The van der Waals surface area contributed by atoms with Crippen LogP contribution in [0.25, 0.3) is 6.08 Å². The summed E-state index contributed by atoms with van der Waals surface area (Å²) in [5.41, 5.74) is 7.86. The van der Waals surface area contributed by atoms with Crippen LogP contribution >= 0.6 is 12.4 Å². The van der Waals surface area contributed by atoms with Gasteiger partial charge in [0.1, 0.15) is 19.0 Å². The highest BCUT2D eigenvalue weighted by Gasteiger charge is 2.13. The number of hydrogen-bond acceptors (Lipinski definition) is 7. The summed E-state index contributed by atoms with van der Waals surface area (Å²) in [4.78, 5) is 23.5. The highest BCUT2D eigenvalue weighted by molar-refractivity contribution is 5.87.